The largest absolute Gasteiger partial charge is 0.314 e. The highest BCUT2D eigenvalue weighted by atomic mass is 15.1. The van der Waals surface area contributed by atoms with Gasteiger partial charge in [-0.15, -0.1) is 0 Å². The molecule has 1 aliphatic heterocycles. The lowest BCUT2D eigenvalue weighted by Gasteiger charge is -2.36. The third-order valence-corrected chi connectivity index (χ3v) is 5.31. The fraction of sp³-hybridized carbons (Fsp3) is 1.00. The van der Waals surface area contributed by atoms with Gasteiger partial charge in [0.05, 0.1) is 0 Å². The molecule has 2 aliphatic carbocycles. The lowest BCUT2D eigenvalue weighted by Crippen LogP contribution is -2.46. The van der Waals surface area contributed by atoms with Crippen molar-refractivity contribution in [1.29, 1.82) is 0 Å². The van der Waals surface area contributed by atoms with E-state index >= 15 is 0 Å². The molecule has 3 fully saturated rings. The van der Waals surface area contributed by atoms with Crippen molar-refractivity contribution in [3.63, 3.8) is 0 Å². The van der Waals surface area contributed by atoms with Gasteiger partial charge in [-0.3, -0.25) is 0 Å². The number of rotatable bonds is 5. The summed E-state index contributed by atoms with van der Waals surface area (Å²) in [5.41, 5.74) is 0. The van der Waals surface area contributed by atoms with E-state index < -0.39 is 0 Å². The molecule has 98 valence electrons. The quantitative estimate of drug-likeness (QED) is 0.789. The first kappa shape index (κ1) is 12.0. The van der Waals surface area contributed by atoms with E-state index in [4.69, 9.17) is 0 Å². The maximum atomic E-state index is 3.89. The van der Waals surface area contributed by atoms with Gasteiger partial charge in [-0.05, 0) is 83.3 Å². The van der Waals surface area contributed by atoms with Crippen LogP contribution in [-0.4, -0.2) is 37.1 Å². The first-order chi connectivity index (χ1) is 8.24. The average molecular weight is 236 g/mol. The van der Waals surface area contributed by atoms with Crippen LogP contribution in [0.25, 0.3) is 0 Å². The average Bonchev–Trinajstić information content (AvgIpc) is 3.14. The van der Waals surface area contributed by atoms with Gasteiger partial charge in [-0.2, -0.15) is 0 Å². The van der Waals surface area contributed by atoms with Gasteiger partial charge in [0, 0.05) is 12.1 Å². The number of piperidine rings is 1. The second-order valence-electron chi connectivity index (χ2n) is 6.80. The summed E-state index contributed by atoms with van der Waals surface area (Å²) in [5.74, 6) is 3.22. The minimum atomic E-state index is 0.765. The second kappa shape index (κ2) is 4.89. The molecule has 1 N–H and O–H groups in total. The molecule has 3 rings (SSSR count). The second-order valence-corrected chi connectivity index (χ2v) is 6.80. The monoisotopic (exact) mass is 236 g/mol. The van der Waals surface area contributed by atoms with Gasteiger partial charge in [0.15, 0.2) is 0 Å². The molecule has 0 amide bonds. The molecule has 2 saturated carbocycles. The van der Waals surface area contributed by atoms with Crippen LogP contribution in [0.4, 0.5) is 0 Å². The molecule has 3 aliphatic rings. The van der Waals surface area contributed by atoms with Crippen molar-refractivity contribution in [1.82, 2.24) is 10.2 Å². The fourth-order valence-corrected chi connectivity index (χ4v) is 3.54. The molecule has 2 unspecified atom stereocenters. The zero-order valence-corrected chi connectivity index (χ0v) is 11.5. The van der Waals surface area contributed by atoms with Crippen LogP contribution in [0.1, 0.15) is 45.4 Å². The van der Waals surface area contributed by atoms with Crippen molar-refractivity contribution in [2.75, 3.05) is 20.1 Å². The highest BCUT2D eigenvalue weighted by molar-refractivity contribution is 4.93. The van der Waals surface area contributed by atoms with E-state index in [2.05, 4.69) is 24.2 Å². The molecule has 2 nitrogen and oxygen atoms in total. The predicted molar refractivity (Wildman–Crippen MR) is 72.1 cm³/mol. The van der Waals surface area contributed by atoms with Crippen LogP contribution in [0, 0.1) is 17.8 Å². The zero-order valence-electron chi connectivity index (χ0n) is 11.5. The molecule has 0 aromatic rings. The minimum Gasteiger partial charge on any atom is -0.314 e. The van der Waals surface area contributed by atoms with Crippen LogP contribution in [0.15, 0.2) is 0 Å². The summed E-state index contributed by atoms with van der Waals surface area (Å²) in [5, 5.41) is 3.89. The predicted octanol–water partition coefficient (Wildman–Crippen LogP) is 2.49. The smallest absolute Gasteiger partial charge is 0.00941 e. The normalized spacial score (nSPS) is 35.5. The SMILES string of the molecule is CC1CC(NCC(C2CC2)C2CC2)CCN1C. The highest BCUT2D eigenvalue weighted by Crippen LogP contribution is 2.48. The van der Waals surface area contributed by atoms with Gasteiger partial charge in [0.25, 0.3) is 0 Å². The Morgan fingerprint density at radius 2 is 1.76 bits per heavy atom. The third kappa shape index (κ3) is 3.03. The van der Waals surface area contributed by atoms with Crippen molar-refractivity contribution < 1.29 is 0 Å². The first-order valence-electron chi connectivity index (χ1n) is 7.67. The summed E-state index contributed by atoms with van der Waals surface area (Å²) in [6, 6.07) is 1.56. The number of hydrogen-bond acceptors (Lipinski definition) is 2. The summed E-state index contributed by atoms with van der Waals surface area (Å²) in [6.07, 6.45) is 8.78. The van der Waals surface area contributed by atoms with Crippen LogP contribution in [0.2, 0.25) is 0 Å². The molecule has 0 radical (unpaired) electrons. The Labute approximate surface area is 106 Å². The molecule has 17 heavy (non-hydrogen) atoms. The molecule has 1 heterocycles. The molecule has 0 bridgehead atoms. The van der Waals surface area contributed by atoms with Crippen molar-refractivity contribution in [3.05, 3.63) is 0 Å². The van der Waals surface area contributed by atoms with Crippen molar-refractivity contribution >= 4 is 0 Å². The molecule has 0 spiro atoms. The summed E-state index contributed by atoms with van der Waals surface area (Å²) in [7, 11) is 2.26. The van der Waals surface area contributed by atoms with Gasteiger partial charge in [0.1, 0.15) is 0 Å². The van der Waals surface area contributed by atoms with E-state index in [0.29, 0.717) is 0 Å². The number of nitrogens with one attached hydrogen (secondary N) is 1. The van der Waals surface area contributed by atoms with Gasteiger partial charge >= 0.3 is 0 Å². The lowest BCUT2D eigenvalue weighted by molar-refractivity contribution is 0.164. The molecular formula is C15H28N2. The number of nitrogens with zero attached hydrogens (tertiary/aromatic N) is 1. The Morgan fingerprint density at radius 1 is 1.12 bits per heavy atom. The maximum absolute atomic E-state index is 3.89. The number of hydrogen-bond donors (Lipinski definition) is 1. The topological polar surface area (TPSA) is 15.3 Å². The van der Waals surface area contributed by atoms with Crippen LogP contribution in [0.5, 0.6) is 0 Å². The van der Waals surface area contributed by atoms with Crippen LogP contribution in [0.3, 0.4) is 0 Å². The Morgan fingerprint density at radius 3 is 2.29 bits per heavy atom. The number of likely N-dealkylation sites (tertiary alicyclic amines) is 1. The molecule has 2 atom stereocenters. The van der Waals surface area contributed by atoms with E-state index in [1.165, 1.54) is 51.6 Å². The zero-order chi connectivity index (χ0) is 11.8. The first-order valence-corrected chi connectivity index (χ1v) is 7.67. The molecule has 0 aromatic carbocycles. The molecular weight excluding hydrogens is 208 g/mol. The van der Waals surface area contributed by atoms with Crippen LogP contribution in [-0.2, 0) is 0 Å². The van der Waals surface area contributed by atoms with Crippen LogP contribution >= 0.6 is 0 Å². The van der Waals surface area contributed by atoms with E-state index in [0.717, 1.165) is 29.8 Å². The van der Waals surface area contributed by atoms with E-state index in [-0.39, 0.29) is 0 Å². The van der Waals surface area contributed by atoms with Crippen molar-refractivity contribution in [2.45, 2.75) is 57.5 Å². The Bertz CT molecular complexity index is 246. The van der Waals surface area contributed by atoms with E-state index in [9.17, 15) is 0 Å². The highest BCUT2D eigenvalue weighted by Gasteiger charge is 2.41. The summed E-state index contributed by atoms with van der Waals surface area (Å²) >= 11 is 0. The van der Waals surface area contributed by atoms with Crippen LogP contribution < -0.4 is 5.32 Å². The maximum Gasteiger partial charge on any atom is 0.00941 e. The third-order valence-electron chi connectivity index (χ3n) is 5.31. The van der Waals surface area contributed by atoms with Crippen molar-refractivity contribution in [3.8, 4) is 0 Å². The summed E-state index contributed by atoms with van der Waals surface area (Å²) < 4.78 is 0. The van der Waals surface area contributed by atoms with Gasteiger partial charge < -0.3 is 10.2 Å². The Hall–Kier alpha value is -0.0800. The van der Waals surface area contributed by atoms with E-state index in [1.807, 2.05) is 0 Å². The lowest BCUT2D eigenvalue weighted by atomic mass is 9.95. The standard InChI is InChI=1S/C15H28N2/c1-11-9-14(7-8-17(11)2)16-10-15(12-3-4-12)13-5-6-13/h11-16H,3-10H2,1-2H3. The Balaban J connectivity index is 1.43. The summed E-state index contributed by atoms with van der Waals surface area (Å²) in [4.78, 5) is 2.50. The molecule has 0 aromatic heterocycles. The van der Waals surface area contributed by atoms with Gasteiger partial charge in [-0.1, -0.05) is 0 Å². The molecule has 2 heteroatoms. The van der Waals surface area contributed by atoms with Gasteiger partial charge in [0.2, 0.25) is 0 Å². The molecule has 1 saturated heterocycles. The van der Waals surface area contributed by atoms with Gasteiger partial charge in [-0.25, -0.2) is 0 Å². The Kier molecular flexibility index (Phi) is 3.45. The minimum absolute atomic E-state index is 0.765. The summed E-state index contributed by atoms with van der Waals surface area (Å²) in [6.45, 7) is 4.96. The fourth-order valence-electron chi connectivity index (χ4n) is 3.54. The van der Waals surface area contributed by atoms with E-state index in [1.54, 1.807) is 0 Å². The van der Waals surface area contributed by atoms with Crippen molar-refractivity contribution in [2.24, 2.45) is 17.8 Å².